The van der Waals surface area contributed by atoms with E-state index in [0.29, 0.717) is 11.4 Å². The summed E-state index contributed by atoms with van der Waals surface area (Å²) in [6.45, 7) is 5.48. The van der Waals surface area contributed by atoms with Gasteiger partial charge in [0.05, 0.1) is 11.8 Å². The third-order valence-electron chi connectivity index (χ3n) is 4.07. The third-order valence-corrected chi connectivity index (χ3v) is 4.07. The lowest BCUT2D eigenvalue weighted by Crippen LogP contribution is -2.31. The number of nitrogens with zero attached hydrogens (tertiary/aromatic N) is 2. The van der Waals surface area contributed by atoms with Crippen LogP contribution in [0.15, 0.2) is 54.7 Å². The monoisotopic (exact) mass is 351 g/mol. The molecule has 1 heterocycles. The molecule has 2 aromatic carbocycles. The predicted molar refractivity (Wildman–Crippen MR) is 100 cm³/mol. The smallest absolute Gasteiger partial charge is 0.339 e. The van der Waals surface area contributed by atoms with Crippen LogP contribution in [0, 0.1) is 0 Å². The van der Waals surface area contributed by atoms with Gasteiger partial charge >= 0.3 is 5.97 Å². The average molecular weight is 351 g/mol. The van der Waals surface area contributed by atoms with Gasteiger partial charge in [0.1, 0.15) is 5.82 Å². The minimum atomic E-state index is -0.933. The van der Waals surface area contributed by atoms with Crippen molar-refractivity contribution in [1.82, 2.24) is 9.78 Å². The summed E-state index contributed by atoms with van der Waals surface area (Å²) >= 11 is 0. The Kier molecular flexibility index (Phi) is 5.02. The fraction of sp³-hybridized carbons (Fsp3) is 0.250. The molecule has 6 nitrogen and oxygen atoms in total. The molecular formula is C20H21N3O3. The normalized spacial score (nSPS) is 12.2. The van der Waals surface area contributed by atoms with Crippen LogP contribution in [0.2, 0.25) is 0 Å². The molecule has 1 amide bonds. The zero-order chi connectivity index (χ0) is 18.7. The molecule has 0 radical (unpaired) electrons. The van der Waals surface area contributed by atoms with Crippen molar-refractivity contribution >= 4 is 28.5 Å². The van der Waals surface area contributed by atoms with Gasteiger partial charge in [-0.3, -0.25) is 4.79 Å². The van der Waals surface area contributed by atoms with E-state index in [1.165, 1.54) is 0 Å². The summed E-state index contributed by atoms with van der Waals surface area (Å²) in [5.74, 6) is -0.360. The Morgan fingerprint density at radius 1 is 1.04 bits per heavy atom. The van der Waals surface area contributed by atoms with Gasteiger partial charge < -0.3 is 10.1 Å². The zero-order valence-corrected chi connectivity index (χ0v) is 15.0. The molecule has 1 N–H and O–H groups in total. The van der Waals surface area contributed by atoms with Crippen LogP contribution >= 0.6 is 0 Å². The van der Waals surface area contributed by atoms with Gasteiger partial charge in [0.2, 0.25) is 0 Å². The largest absolute Gasteiger partial charge is 0.449 e. The molecule has 0 fully saturated rings. The molecule has 0 aliphatic rings. The lowest BCUT2D eigenvalue weighted by atomic mass is 10.0. The summed E-state index contributed by atoms with van der Waals surface area (Å²) in [6, 6.07) is 14.8. The van der Waals surface area contributed by atoms with E-state index in [1.807, 2.05) is 44.2 Å². The first-order chi connectivity index (χ1) is 12.5. The van der Waals surface area contributed by atoms with E-state index in [9.17, 15) is 9.59 Å². The van der Waals surface area contributed by atoms with Crippen LogP contribution in [0.1, 0.15) is 37.2 Å². The van der Waals surface area contributed by atoms with E-state index in [1.54, 1.807) is 36.0 Å². The number of carbonyl (C=O) groups is 2. The molecule has 3 rings (SSSR count). The van der Waals surface area contributed by atoms with Gasteiger partial charge in [-0.1, -0.05) is 36.4 Å². The highest BCUT2D eigenvalue weighted by Gasteiger charge is 2.21. The topological polar surface area (TPSA) is 73.2 Å². The van der Waals surface area contributed by atoms with E-state index in [0.717, 1.165) is 10.8 Å². The van der Waals surface area contributed by atoms with Crippen LogP contribution in [-0.2, 0) is 9.53 Å². The quantitative estimate of drug-likeness (QED) is 0.710. The number of benzene rings is 2. The summed E-state index contributed by atoms with van der Waals surface area (Å²) in [6.07, 6.45) is 0.680. The first-order valence-corrected chi connectivity index (χ1v) is 8.50. The van der Waals surface area contributed by atoms with E-state index in [2.05, 4.69) is 10.4 Å². The van der Waals surface area contributed by atoms with Crippen molar-refractivity contribution in [2.45, 2.75) is 32.9 Å². The Balaban J connectivity index is 1.72. The lowest BCUT2D eigenvalue weighted by Gasteiger charge is -2.16. The van der Waals surface area contributed by atoms with Crippen molar-refractivity contribution in [2.75, 3.05) is 5.32 Å². The zero-order valence-electron chi connectivity index (χ0n) is 15.0. The highest BCUT2D eigenvalue weighted by molar-refractivity contribution is 6.05. The maximum atomic E-state index is 12.5. The van der Waals surface area contributed by atoms with Crippen LogP contribution in [0.4, 0.5) is 5.82 Å². The highest BCUT2D eigenvalue weighted by atomic mass is 16.5. The van der Waals surface area contributed by atoms with Gasteiger partial charge in [0, 0.05) is 12.1 Å². The number of carbonyl (C=O) groups excluding carboxylic acids is 2. The molecule has 0 aliphatic carbocycles. The third kappa shape index (κ3) is 3.59. The van der Waals surface area contributed by atoms with Gasteiger partial charge in [0.25, 0.3) is 5.91 Å². The second-order valence-corrected chi connectivity index (χ2v) is 6.32. The minimum absolute atomic E-state index is 0.105. The molecule has 1 atom stereocenters. The number of amides is 1. The fourth-order valence-electron chi connectivity index (χ4n) is 2.73. The van der Waals surface area contributed by atoms with Gasteiger partial charge in [-0.2, -0.15) is 5.10 Å². The summed E-state index contributed by atoms with van der Waals surface area (Å²) in [5.41, 5.74) is 0.440. The van der Waals surface area contributed by atoms with Gasteiger partial charge in [-0.05, 0) is 37.6 Å². The number of fused-ring (bicyclic) bond motifs is 1. The molecule has 26 heavy (non-hydrogen) atoms. The molecule has 6 heteroatoms. The molecule has 3 aromatic rings. The number of esters is 1. The number of aromatic nitrogens is 2. The Hall–Kier alpha value is -3.15. The molecule has 0 bridgehead atoms. The molecule has 0 unspecified atom stereocenters. The van der Waals surface area contributed by atoms with E-state index >= 15 is 0 Å². The SMILES string of the molecule is CC(C)n1nccc1NC(=O)[C@@H](C)OC(=O)c1cccc2ccccc12. The van der Waals surface area contributed by atoms with Crippen molar-refractivity contribution in [3.63, 3.8) is 0 Å². The Morgan fingerprint density at radius 2 is 1.77 bits per heavy atom. The van der Waals surface area contributed by atoms with Crippen molar-refractivity contribution in [3.8, 4) is 0 Å². The Bertz CT molecular complexity index is 941. The number of ether oxygens (including phenoxy) is 1. The Labute approximate surface area is 151 Å². The van der Waals surface area contributed by atoms with Gasteiger partial charge in [0.15, 0.2) is 6.10 Å². The summed E-state index contributed by atoms with van der Waals surface area (Å²) in [7, 11) is 0. The van der Waals surface area contributed by atoms with Crippen molar-refractivity contribution < 1.29 is 14.3 Å². The maximum absolute atomic E-state index is 12.5. The molecule has 1 aromatic heterocycles. The molecule has 0 aliphatic heterocycles. The van der Waals surface area contributed by atoms with Crippen molar-refractivity contribution in [3.05, 3.63) is 60.3 Å². The molecule has 134 valence electrons. The molecular weight excluding hydrogens is 330 g/mol. The fourth-order valence-corrected chi connectivity index (χ4v) is 2.73. The maximum Gasteiger partial charge on any atom is 0.339 e. The van der Waals surface area contributed by atoms with Gasteiger partial charge in [-0.25, -0.2) is 9.48 Å². The summed E-state index contributed by atoms with van der Waals surface area (Å²) in [5, 5.41) is 8.66. The van der Waals surface area contributed by atoms with Crippen LogP contribution in [-0.4, -0.2) is 27.8 Å². The summed E-state index contributed by atoms with van der Waals surface area (Å²) in [4.78, 5) is 24.9. The first kappa shape index (κ1) is 17.7. The molecule has 0 saturated heterocycles. The van der Waals surface area contributed by atoms with Crippen LogP contribution < -0.4 is 5.32 Å². The van der Waals surface area contributed by atoms with Crippen molar-refractivity contribution in [2.24, 2.45) is 0 Å². The van der Waals surface area contributed by atoms with Gasteiger partial charge in [-0.15, -0.1) is 0 Å². The van der Waals surface area contributed by atoms with E-state index < -0.39 is 18.0 Å². The van der Waals surface area contributed by atoms with Crippen LogP contribution in [0.5, 0.6) is 0 Å². The number of nitrogens with one attached hydrogen (secondary N) is 1. The number of hydrogen-bond acceptors (Lipinski definition) is 4. The highest BCUT2D eigenvalue weighted by Crippen LogP contribution is 2.20. The lowest BCUT2D eigenvalue weighted by molar-refractivity contribution is -0.123. The molecule has 0 spiro atoms. The average Bonchev–Trinajstić information content (AvgIpc) is 3.09. The number of anilines is 1. The minimum Gasteiger partial charge on any atom is -0.449 e. The van der Waals surface area contributed by atoms with Crippen LogP contribution in [0.25, 0.3) is 10.8 Å². The second-order valence-electron chi connectivity index (χ2n) is 6.32. The molecule has 0 saturated carbocycles. The van der Waals surface area contributed by atoms with E-state index in [4.69, 9.17) is 4.74 Å². The second kappa shape index (κ2) is 7.39. The summed E-state index contributed by atoms with van der Waals surface area (Å²) < 4.78 is 7.07. The van der Waals surface area contributed by atoms with E-state index in [-0.39, 0.29) is 6.04 Å². The predicted octanol–water partition coefficient (Wildman–Crippen LogP) is 3.80. The van der Waals surface area contributed by atoms with Crippen molar-refractivity contribution in [1.29, 1.82) is 0 Å². The Morgan fingerprint density at radius 3 is 2.54 bits per heavy atom. The van der Waals surface area contributed by atoms with Crippen LogP contribution in [0.3, 0.4) is 0 Å². The standard InChI is InChI=1S/C20H21N3O3/c1-13(2)23-18(11-12-21-23)22-19(24)14(3)26-20(25)17-10-6-8-15-7-4-5-9-16(15)17/h4-14H,1-3H3,(H,22,24)/t14-/m1/s1. The number of rotatable bonds is 5. The first-order valence-electron chi connectivity index (χ1n) is 8.50. The number of hydrogen-bond donors (Lipinski definition) is 1.